The van der Waals surface area contributed by atoms with Gasteiger partial charge in [0.25, 0.3) is 0 Å². The summed E-state index contributed by atoms with van der Waals surface area (Å²) in [7, 11) is 1.87. The Bertz CT molecular complexity index is 251. The minimum Gasteiger partial charge on any atom is -0.262 e. The second-order valence-electron chi connectivity index (χ2n) is 2.55. The molecule has 0 aliphatic rings. The zero-order valence-corrected chi connectivity index (χ0v) is 7.49. The summed E-state index contributed by atoms with van der Waals surface area (Å²) in [5, 5.41) is 8.02. The Kier molecular flexibility index (Phi) is 3.32. The summed E-state index contributed by atoms with van der Waals surface area (Å²) in [4.78, 5) is 0. The van der Waals surface area contributed by atoms with E-state index in [1.165, 1.54) is 0 Å². The molecule has 4 heteroatoms. The van der Waals surface area contributed by atoms with Gasteiger partial charge in [-0.15, -0.1) is 0 Å². The van der Waals surface area contributed by atoms with Crippen molar-refractivity contribution in [1.82, 2.24) is 9.78 Å². The van der Waals surface area contributed by atoms with Crippen molar-refractivity contribution in [2.45, 2.75) is 19.8 Å². The highest BCUT2D eigenvalue weighted by Crippen LogP contribution is 2.01. The van der Waals surface area contributed by atoms with Gasteiger partial charge in [-0.1, -0.05) is 13.3 Å². The lowest BCUT2D eigenvalue weighted by atomic mass is 10.4. The SMILES string of the molecule is CCC/C=N/Nc1ccnn1C. The third kappa shape index (κ3) is 2.38. The van der Waals surface area contributed by atoms with Crippen molar-refractivity contribution in [3.8, 4) is 0 Å². The van der Waals surface area contributed by atoms with Gasteiger partial charge in [0, 0.05) is 19.3 Å². The summed E-state index contributed by atoms with van der Waals surface area (Å²) in [6.07, 6.45) is 5.73. The van der Waals surface area contributed by atoms with Gasteiger partial charge >= 0.3 is 0 Å². The van der Waals surface area contributed by atoms with Crippen LogP contribution >= 0.6 is 0 Å². The Morgan fingerprint density at radius 2 is 2.58 bits per heavy atom. The number of aryl methyl sites for hydroxylation is 1. The van der Waals surface area contributed by atoms with Gasteiger partial charge in [-0.05, 0) is 6.42 Å². The first-order valence-corrected chi connectivity index (χ1v) is 4.10. The van der Waals surface area contributed by atoms with Crippen molar-refractivity contribution < 1.29 is 0 Å². The van der Waals surface area contributed by atoms with Gasteiger partial charge < -0.3 is 0 Å². The van der Waals surface area contributed by atoms with Crippen LogP contribution in [0.2, 0.25) is 0 Å². The normalized spacial score (nSPS) is 10.8. The van der Waals surface area contributed by atoms with E-state index < -0.39 is 0 Å². The first-order chi connectivity index (χ1) is 5.84. The largest absolute Gasteiger partial charge is 0.262 e. The fraction of sp³-hybridized carbons (Fsp3) is 0.500. The molecule has 0 atom stereocenters. The first kappa shape index (κ1) is 8.77. The minimum atomic E-state index is 0.905. The Morgan fingerprint density at radius 1 is 1.75 bits per heavy atom. The molecule has 0 aliphatic heterocycles. The number of rotatable bonds is 4. The van der Waals surface area contributed by atoms with Crippen LogP contribution in [-0.4, -0.2) is 16.0 Å². The van der Waals surface area contributed by atoms with Crippen molar-refractivity contribution in [3.05, 3.63) is 12.3 Å². The quantitative estimate of drug-likeness (QED) is 0.545. The van der Waals surface area contributed by atoms with Gasteiger partial charge in [-0.25, -0.2) is 0 Å². The molecule has 0 saturated heterocycles. The van der Waals surface area contributed by atoms with Crippen molar-refractivity contribution in [2.24, 2.45) is 12.1 Å². The van der Waals surface area contributed by atoms with Crippen molar-refractivity contribution in [3.63, 3.8) is 0 Å². The molecule has 0 amide bonds. The molecule has 0 unspecified atom stereocenters. The molecule has 1 N–H and O–H groups in total. The van der Waals surface area contributed by atoms with Gasteiger partial charge in [-0.2, -0.15) is 10.2 Å². The second kappa shape index (κ2) is 4.54. The number of aromatic nitrogens is 2. The van der Waals surface area contributed by atoms with E-state index in [0.29, 0.717) is 0 Å². The van der Waals surface area contributed by atoms with Gasteiger partial charge in [-0.3, -0.25) is 10.1 Å². The van der Waals surface area contributed by atoms with E-state index in [-0.39, 0.29) is 0 Å². The van der Waals surface area contributed by atoms with E-state index >= 15 is 0 Å². The Hall–Kier alpha value is -1.32. The van der Waals surface area contributed by atoms with Crippen LogP contribution in [0.25, 0.3) is 0 Å². The molecule has 0 saturated carbocycles. The average Bonchev–Trinajstić information content (AvgIpc) is 2.46. The van der Waals surface area contributed by atoms with Crippen LogP contribution in [-0.2, 0) is 7.05 Å². The molecule has 12 heavy (non-hydrogen) atoms. The molecule has 4 nitrogen and oxygen atoms in total. The minimum absolute atomic E-state index is 0.905. The number of nitrogens with zero attached hydrogens (tertiary/aromatic N) is 3. The number of hydrogen-bond acceptors (Lipinski definition) is 3. The molecule has 1 aromatic heterocycles. The van der Waals surface area contributed by atoms with Crippen molar-refractivity contribution in [1.29, 1.82) is 0 Å². The standard InChI is InChI=1S/C8H14N4/c1-3-4-6-9-11-8-5-7-10-12(8)2/h5-7,11H,3-4H2,1-2H3/b9-6+. The molecule has 1 heterocycles. The Balaban J connectivity index is 2.37. The lowest BCUT2D eigenvalue weighted by Crippen LogP contribution is -1.98. The fourth-order valence-corrected chi connectivity index (χ4v) is 0.789. The summed E-state index contributed by atoms with van der Waals surface area (Å²) >= 11 is 0. The van der Waals surface area contributed by atoms with E-state index in [1.807, 2.05) is 19.3 Å². The van der Waals surface area contributed by atoms with Crippen LogP contribution in [0.3, 0.4) is 0 Å². The smallest absolute Gasteiger partial charge is 0.144 e. The molecule has 0 aromatic carbocycles. The van der Waals surface area contributed by atoms with Crippen LogP contribution < -0.4 is 5.43 Å². The van der Waals surface area contributed by atoms with E-state index in [4.69, 9.17) is 0 Å². The zero-order valence-electron chi connectivity index (χ0n) is 7.49. The van der Waals surface area contributed by atoms with E-state index in [1.54, 1.807) is 10.9 Å². The molecule has 0 radical (unpaired) electrons. The van der Waals surface area contributed by atoms with Crippen LogP contribution in [0.1, 0.15) is 19.8 Å². The van der Waals surface area contributed by atoms with Crippen LogP contribution in [0.15, 0.2) is 17.4 Å². The highest BCUT2D eigenvalue weighted by atomic mass is 15.4. The topological polar surface area (TPSA) is 42.2 Å². The molecular formula is C8H14N4. The van der Waals surface area contributed by atoms with Crippen molar-refractivity contribution in [2.75, 3.05) is 5.43 Å². The molecule has 66 valence electrons. The molecule has 0 aliphatic carbocycles. The third-order valence-corrected chi connectivity index (χ3v) is 1.51. The number of nitrogens with one attached hydrogen (secondary N) is 1. The maximum absolute atomic E-state index is 4.03. The number of hydrazone groups is 1. The lowest BCUT2D eigenvalue weighted by molar-refractivity contribution is 0.772. The predicted octanol–water partition coefficient (Wildman–Crippen LogP) is 1.62. The predicted molar refractivity (Wildman–Crippen MR) is 50.2 cm³/mol. The highest BCUT2D eigenvalue weighted by molar-refractivity contribution is 5.58. The van der Waals surface area contributed by atoms with Crippen molar-refractivity contribution >= 4 is 12.0 Å². The van der Waals surface area contributed by atoms with E-state index in [9.17, 15) is 0 Å². The van der Waals surface area contributed by atoms with Crippen LogP contribution in [0.5, 0.6) is 0 Å². The molecule has 0 spiro atoms. The molecule has 0 bridgehead atoms. The number of hydrogen-bond donors (Lipinski definition) is 1. The average molecular weight is 166 g/mol. The van der Waals surface area contributed by atoms with E-state index in [2.05, 4.69) is 22.5 Å². The fourth-order valence-electron chi connectivity index (χ4n) is 0.789. The number of anilines is 1. The van der Waals surface area contributed by atoms with Gasteiger partial charge in [0.05, 0.1) is 6.20 Å². The molecule has 1 aromatic rings. The molecular weight excluding hydrogens is 152 g/mol. The first-order valence-electron chi connectivity index (χ1n) is 4.10. The third-order valence-electron chi connectivity index (χ3n) is 1.51. The maximum Gasteiger partial charge on any atom is 0.144 e. The maximum atomic E-state index is 4.03. The monoisotopic (exact) mass is 166 g/mol. The second-order valence-corrected chi connectivity index (χ2v) is 2.55. The van der Waals surface area contributed by atoms with Crippen LogP contribution in [0, 0.1) is 0 Å². The summed E-state index contributed by atoms with van der Waals surface area (Å²) in [5.41, 5.74) is 2.90. The number of unbranched alkanes of at least 4 members (excludes halogenated alkanes) is 1. The lowest BCUT2D eigenvalue weighted by Gasteiger charge is -1.98. The van der Waals surface area contributed by atoms with E-state index in [0.717, 1.165) is 18.7 Å². The van der Waals surface area contributed by atoms with Gasteiger partial charge in [0.1, 0.15) is 5.82 Å². The van der Waals surface area contributed by atoms with Gasteiger partial charge in [0.15, 0.2) is 0 Å². The zero-order chi connectivity index (χ0) is 8.81. The molecule has 1 rings (SSSR count). The Morgan fingerprint density at radius 3 is 3.17 bits per heavy atom. The summed E-state index contributed by atoms with van der Waals surface area (Å²) in [5.74, 6) is 0.905. The molecule has 0 fully saturated rings. The summed E-state index contributed by atoms with van der Waals surface area (Å²) in [6.45, 7) is 2.12. The summed E-state index contributed by atoms with van der Waals surface area (Å²) in [6, 6.07) is 1.88. The highest BCUT2D eigenvalue weighted by Gasteiger charge is 1.92. The van der Waals surface area contributed by atoms with Crippen LogP contribution in [0.4, 0.5) is 5.82 Å². The van der Waals surface area contributed by atoms with Gasteiger partial charge in [0.2, 0.25) is 0 Å². The Labute approximate surface area is 72.3 Å². The summed E-state index contributed by atoms with van der Waals surface area (Å²) < 4.78 is 1.74.